The van der Waals surface area contributed by atoms with Gasteiger partial charge >= 0.3 is 0 Å². The maximum Gasteiger partial charge on any atom is 0.270 e. The lowest BCUT2D eigenvalue weighted by molar-refractivity contribution is -0.384. The molecule has 2 amide bonds. The number of nitrogens with one attached hydrogen (secondary N) is 1. The van der Waals surface area contributed by atoms with Gasteiger partial charge in [0.15, 0.2) is 0 Å². The molecule has 0 aromatic heterocycles. The third kappa shape index (κ3) is 3.70. The van der Waals surface area contributed by atoms with Crippen molar-refractivity contribution >= 4 is 29.1 Å². The number of nitro groups is 1. The van der Waals surface area contributed by atoms with E-state index in [2.05, 4.69) is 5.32 Å². The molecule has 0 aliphatic heterocycles. The van der Waals surface area contributed by atoms with E-state index in [0.717, 1.165) is 6.07 Å². The van der Waals surface area contributed by atoms with Gasteiger partial charge in [0.05, 0.1) is 15.5 Å². The second kappa shape index (κ2) is 5.97. The van der Waals surface area contributed by atoms with Crippen molar-refractivity contribution in [3.63, 3.8) is 0 Å². The molecule has 96 valence electrons. The summed E-state index contributed by atoms with van der Waals surface area (Å²) in [6.07, 6.45) is -0.0156. The minimum absolute atomic E-state index is 0.0156. The second-order valence-corrected chi connectivity index (χ2v) is 3.80. The molecule has 8 heteroatoms. The number of hydrogen-bond acceptors (Lipinski definition) is 4. The molecule has 0 fully saturated rings. The highest BCUT2D eigenvalue weighted by atomic mass is 35.5. The molecule has 18 heavy (non-hydrogen) atoms. The normalized spacial score (nSPS) is 9.83. The number of halogens is 1. The highest BCUT2D eigenvalue weighted by Gasteiger charge is 2.15. The summed E-state index contributed by atoms with van der Waals surface area (Å²) in [7, 11) is 0. The van der Waals surface area contributed by atoms with Crippen LogP contribution < -0.4 is 11.1 Å². The average Bonchev–Trinajstić information content (AvgIpc) is 2.28. The standard InChI is InChI=1S/C10H10ClN3O4/c11-8-2-1-6(14(17)18)5-7(8)10(16)13-4-3-9(12)15/h1-2,5H,3-4H2,(H2,12,15)(H,13,16). The lowest BCUT2D eigenvalue weighted by Crippen LogP contribution is -2.28. The SMILES string of the molecule is NC(=O)CCNC(=O)c1cc([N+](=O)[O-])ccc1Cl. The summed E-state index contributed by atoms with van der Waals surface area (Å²) in [5.41, 5.74) is 4.65. The van der Waals surface area contributed by atoms with Crippen molar-refractivity contribution in [2.75, 3.05) is 6.54 Å². The Bertz CT molecular complexity index is 504. The molecule has 0 saturated heterocycles. The molecule has 0 spiro atoms. The van der Waals surface area contributed by atoms with Gasteiger partial charge in [0.25, 0.3) is 11.6 Å². The zero-order chi connectivity index (χ0) is 13.7. The Morgan fingerprint density at radius 1 is 1.44 bits per heavy atom. The van der Waals surface area contributed by atoms with Crippen LogP contribution in [0, 0.1) is 10.1 Å². The molecule has 1 aromatic carbocycles. The highest BCUT2D eigenvalue weighted by molar-refractivity contribution is 6.33. The molecule has 1 rings (SSSR count). The van der Waals surface area contributed by atoms with Crippen LogP contribution in [0.3, 0.4) is 0 Å². The summed E-state index contributed by atoms with van der Waals surface area (Å²) in [4.78, 5) is 32.1. The van der Waals surface area contributed by atoms with E-state index in [4.69, 9.17) is 17.3 Å². The van der Waals surface area contributed by atoms with Crippen LogP contribution in [0.1, 0.15) is 16.8 Å². The fourth-order valence-electron chi connectivity index (χ4n) is 1.20. The van der Waals surface area contributed by atoms with Gasteiger partial charge in [-0.1, -0.05) is 11.6 Å². The van der Waals surface area contributed by atoms with Gasteiger partial charge in [0, 0.05) is 25.1 Å². The van der Waals surface area contributed by atoms with Crippen molar-refractivity contribution < 1.29 is 14.5 Å². The van der Waals surface area contributed by atoms with Crippen LogP contribution in [0.4, 0.5) is 5.69 Å². The number of nitro benzene ring substituents is 1. The van der Waals surface area contributed by atoms with Crippen molar-refractivity contribution in [3.8, 4) is 0 Å². The van der Waals surface area contributed by atoms with Crippen molar-refractivity contribution in [2.45, 2.75) is 6.42 Å². The van der Waals surface area contributed by atoms with Gasteiger partial charge in [0.1, 0.15) is 0 Å². The van der Waals surface area contributed by atoms with Gasteiger partial charge in [-0.3, -0.25) is 19.7 Å². The lowest BCUT2D eigenvalue weighted by Gasteiger charge is -2.05. The van der Waals surface area contributed by atoms with Gasteiger partial charge in [-0.15, -0.1) is 0 Å². The number of benzene rings is 1. The number of rotatable bonds is 5. The van der Waals surface area contributed by atoms with E-state index < -0.39 is 16.7 Å². The van der Waals surface area contributed by atoms with E-state index in [-0.39, 0.29) is 29.2 Å². The number of primary amides is 1. The minimum atomic E-state index is -0.628. The van der Waals surface area contributed by atoms with Crippen LogP contribution in [-0.2, 0) is 4.79 Å². The molecule has 0 aliphatic carbocycles. The molecule has 0 radical (unpaired) electrons. The van der Waals surface area contributed by atoms with Crippen molar-refractivity contribution in [1.82, 2.24) is 5.32 Å². The summed E-state index contributed by atoms with van der Waals surface area (Å²) in [6.45, 7) is 0.0488. The maximum atomic E-state index is 11.7. The molecule has 7 nitrogen and oxygen atoms in total. The minimum Gasteiger partial charge on any atom is -0.370 e. The monoisotopic (exact) mass is 271 g/mol. The van der Waals surface area contributed by atoms with E-state index in [0.29, 0.717) is 0 Å². The zero-order valence-corrected chi connectivity index (χ0v) is 9.94. The Balaban J connectivity index is 2.81. The summed E-state index contributed by atoms with van der Waals surface area (Å²) in [5.74, 6) is -1.15. The van der Waals surface area contributed by atoms with Crippen molar-refractivity contribution in [1.29, 1.82) is 0 Å². The molecular formula is C10H10ClN3O4. The predicted molar refractivity (Wildman–Crippen MR) is 64.3 cm³/mol. The Labute approximate surface area is 107 Å². The summed E-state index contributed by atoms with van der Waals surface area (Å²) in [6, 6.07) is 3.53. The maximum absolute atomic E-state index is 11.7. The number of carbonyl (C=O) groups is 2. The first-order valence-corrected chi connectivity index (χ1v) is 5.30. The largest absolute Gasteiger partial charge is 0.370 e. The zero-order valence-electron chi connectivity index (χ0n) is 9.18. The van der Waals surface area contributed by atoms with Crippen LogP contribution in [0.2, 0.25) is 5.02 Å². The molecule has 0 bridgehead atoms. The molecule has 0 unspecified atom stereocenters. The highest BCUT2D eigenvalue weighted by Crippen LogP contribution is 2.21. The fourth-order valence-corrected chi connectivity index (χ4v) is 1.40. The van der Waals surface area contributed by atoms with E-state index in [9.17, 15) is 19.7 Å². The number of hydrogen-bond donors (Lipinski definition) is 2. The van der Waals surface area contributed by atoms with E-state index in [1.54, 1.807) is 0 Å². The van der Waals surface area contributed by atoms with Gasteiger partial charge in [-0.05, 0) is 6.07 Å². The Morgan fingerprint density at radius 2 is 2.11 bits per heavy atom. The third-order valence-electron chi connectivity index (χ3n) is 2.06. The van der Waals surface area contributed by atoms with Crippen LogP contribution >= 0.6 is 11.6 Å². The Kier molecular flexibility index (Phi) is 4.61. The molecule has 0 atom stereocenters. The molecule has 3 N–H and O–H groups in total. The van der Waals surface area contributed by atoms with Crippen molar-refractivity contribution in [3.05, 3.63) is 38.9 Å². The first kappa shape index (κ1) is 13.9. The van der Waals surface area contributed by atoms with Gasteiger partial charge < -0.3 is 11.1 Å². The number of nitrogens with two attached hydrogens (primary N) is 1. The van der Waals surface area contributed by atoms with Crippen LogP contribution in [0.15, 0.2) is 18.2 Å². The first-order valence-electron chi connectivity index (χ1n) is 4.92. The molecule has 0 heterocycles. The Morgan fingerprint density at radius 3 is 2.67 bits per heavy atom. The number of non-ortho nitro benzene ring substituents is 1. The first-order chi connectivity index (χ1) is 8.41. The molecule has 1 aromatic rings. The number of amides is 2. The molecule has 0 saturated carbocycles. The Hall–Kier alpha value is -2.15. The van der Waals surface area contributed by atoms with Crippen LogP contribution in [0.25, 0.3) is 0 Å². The topological polar surface area (TPSA) is 115 Å². The van der Waals surface area contributed by atoms with Crippen LogP contribution in [-0.4, -0.2) is 23.3 Å². The quantitative estimate of drug-likeness (QED) is 0.610. The van der Waals surface area contributed by atoms with Gasteiger partial charge in [-0.25, -0.2) is 0 Å². The van der Waals surface area contributed by atoms with E-state index in [1.165, 1.54) is 12.1 Å². The van der Waals surface area contributed by atoms with E-state index in [1.807, 2.05) is 0 Å². The van der Waals surface area contributed by atoms with E-state index >= 15 is 0 Å². The lowest BCUT2D eigenvalue weighted by atomic mass is 10.2. The summed E-state index contributed by atoms with van der Waals surface area (Å²) >= 11 is 5.76. The van der Waals surface area contributed by atoms with Gasteiger partial charge in [0.2, 0.25) is 5.91 Å². The third-order valence-corrected chi connectivity index (χ3v) is 2.39. The smallest absolute Gasteiger partial charge is 0.270 e. The second-order valence-electron chi connectivity index (χ2n) is 3.39. The summed E-state index contributed by atoms with van der Waals surface area (Å²) in [5, 5.41) is 13.0. The molecular weight excluding hydrogens is 262 g/mol. The average molecular weight is 272 g/mol. The van der Waals surface area contributed by atoms with Gasteiger partial charge in [-0.2, -0.15) is 0 Å². The van der Waals surface area contributed by atoms with Crippen molar-refractivity contribution in [2.24, 2.45) is 5.73 Å². The molecule has 0 aliphatic rings. The van der Waals surface area contributed by atoms with Crippen LogP contribution in [0.5, 0.6) is 0 Å². The number of carbonyl (C=O) groups excluding carboxylic acids is 2. The fraction of sp³-hybridized carbons (Fsp3) is 0.200. The number of nitrogens with zero attached hydrogens (tertiary/aromatic N) is 1. The summed E-state index contributed by atoms with van der Waals surface area (Å²) < 4.78 is 0. The predicted octanol–water partition coefficient (Wildman–Crippen LogP) is 0.853.